The number of nitrogens with zero attached hydrogens (tertiary/aromatic N) is 1. The van der Waals surface area contributed by atoms with Crippen LogP contribution >= 0.6 is 11.3 Å². The Bertz CT molecular complexity index is 249. The SMILES string of the molecule is Cc1nc(C(O)C(C)CN)cs1. The fraction of sp³-hybridized carbons (Fsp3) is 0.625. The van der Waals surface area contributed by atoms with Gasteiger partial charge < -0.3 is 10.8 Å². The molecule has 3 N–H and O–H groups in total. The normalized spacial score (nSPS) is 16.0. The number of aromatic nitrogens is 1. The molecule has 2 atom stereocenters. The molecule has 0 fully saturated rings. The van der Waals surface area contributed by atoms with Gasteiger partial charge in [0.25, 0.3) is 0 Å². The number of nitrogens with two attached hydrogens (primary N) is 1. The second-order valence-electron chi connectivity index (χ2n) is 2.95. The summed E-state index contributed by atoms with van der Waals surface area (Å²) in [4.78, 5) is 4.19. The van der Waals surface area contributed by atoms with Gasteiger partial charge in [-0.2, -0.15) is 0 Å². The second-order valence-corrected chi connectivity index (χ2v) is 4.01. The van der Waals surface area contributed by atoms with Crippen LogP contribution < -0.4 is 5.73 Å². The molecule has 1 rings (SSSR count). The van der Waals surface area contributed by atoms with Gasteiger partial charge in [0.15, 0.2) is 0 Å². The average molecular weight is 186 g/mol. The zero-order valence-electron chi connectivity index (χ0n) is 7.32. The highest BCUT2D eigenvalue weighted by atomic mass is 32.1. The Kier molecular flexibility index (Phi) is 3.20. The van der Waals surface area contributed by atoms with Crippen LogP contribution in [-0.2, 0) is 0 Å². The number of aliphatic hydroxyl groups excluding tert-OH is 1. The summed E-state index contributed by atoms with van der Waals surface area (Å²) < 4.78 is 0. The van der Waals surface area contributed by atoms with Gasteiger partial charge in [-0.25, -0.2) is 4.98 Å². The molecule has 3 nitrogen and oxygen atoms in total. The van der Waals surface area contributed by atoms with Gasteiger partial charge in [0.2, 0.25) is 0 Å². The lowest BCUT2D eigenvalue weighted by molar-refractivity contribution is 0.118. The Morgan fingerprint density at radius 3 is 2.83 bits per heavy atom. The van der Waals surface area contributed by atoms with E-state index in [1.807, 2.05) is 19.2 Å². The van der Waals surface area contributed by atoms with Gasteiger partial charge in [-0.05, 0) is 19.4 Å². The van der Waals surface area contributed by atoms with Crippen molar-refractivity contribution in [2.45, 2.75) is 20.0 Å². The molecule has 1 aromatic heterocycles. The fourth-order valence-electron chi connectivity index (χ4n) is 0.936. The Morgan fingerprint density at radius 2 is 2.42 bits per heavy atom. The molecular formula is C8H14N2OS. The maximum atomic E-state index is 9.67. The summed E-state index contributed by atoms with van der Waals surface area (Å²) in [7, 11) is 0. The van der Waals surface area contributed by atoms with E-state index in [2.05, 4.69) is 4.98 Å². The van der Waals surface area contributed by atoms with Gasteiger partial charge in [0, 0.05) is 5.38 Å². The molecule has 0 bridgehead atoms. The summed E-state index contributed by atoms with van der Waals surface area (Å²) in [5, 5.41) is 12.5. The minimum atomic E-state index is -0.514. The summed E-state index contributed by atoms with van der Waals surface area (Å²) in [6.45, 7) is 4.32. The maximum Gasteiger partial charge on any atom is 0.101 e. The first kappa shape index (κ1) is 9.64. The smallest absolute Gasteiger partial charge is 0.101 e. The summed E-state index contributed by atoms with van der Waals surface area (Å²) in [5.41, 5.74) is 6.18. The molecule has 0 aliphatic carbocycles. The minimum absolute atomic E-state index is 0.0755. The van der Waals surface area contributed by atoms with Gasteiger partial charge in [-0.3, -0.25) is 0 Å². The Hall–Kier alpha value is -0.450. The van der Waals surface area contributed by atoms with Gasteiger partial charge in [0.05, 0.1) is 10.7 Å². The quantitative estimate of drug-likeness (QED) is 0.742. The van der Waals surface area contributed by atoms with Gasteiger partial charge in [-0.15, -0.1) is 11.3 Å². The van der Waals surface area contributed by atoms with E-state index in [1.165, 1.54) is 0 Å². The highest BCUT2D eigenvalue weighted by Gasteiger charge is 2.16. The van der Waals surface area contributed by atoms with Gasteiger partial charge in [-0.1, -0.05) is 6.92 Å². The molecule has 0 saturated heterocycles. The molecule has 68 valence electrons. The molecule has 1 heterocycles. The van der Waals surface area contributed by atoms with Gasteiger partial charge >= 0.3 is 0 Å². The first-order chi connectivity index (χ1) is 5.65. The van der Waals surface area contributed by atoms with Crippen LogP contribution in [0.25, 0.3) is 0 Å². The van der Waals surface area contributed by atoms with Crippen molar-refractivity contribution in [2.24, 2.45) is 11.7 Å². The fourth-order valence-corrected chi connectivity index (χ4v) is 1.58. The van der Waals surface area contributed by atoms with Crippen LogP contribution in [0, 0.1) is 12.8 Å². The standard InChI is InChI=1S/C8H14N2OS/c1-5(3-9)8(11)7-4-12-6(2)10-7/h4-5,8,11H,3,9H2,1-2H3. The topological polar surface area (TPSA) is 59.1 Å². The zero-order valence-corrected chi connectivity index (χ0v) is 8.14. The van der Waals surface area contributed by atoms with Crippen molar-refractivity contribution in [1.29, 1.82) is 0 Å². The lowest BCUT2D eigenvalue weighted by atomic mass is 10.0. The minimum Gasteiger partial charge on any atom is -0.386 e. The van der Waals surface area contributed by atoms with Crippen molar-refractivity contribution in [3.63, 3.8) is 0 Å². The molecule has 0 amide bonds. The third-order valence-corrected chi connectivity index (χ3v) is 2.64. The Morgan fingerprint density at radius 1 is 1.75 bits per heavy atom. The number of aliphatic hydroxyl groups is 1. The van der Waals surface area contributed by atoms with Crippen molar-refractivity contribution in [2.75, 3.05) is 6.54 Å². The summed E-state index contributed by atoms with van der Waals surface area (Å²) in [5.74, 6) is 0.0755. The van der Waals surface area contributed by atoms with Crippen molar-refractivity contribution in [3.8, 4) is 0 Å². The summed E-state index contributed by atoms with van der Waals surface area (Å²) in [6.07, 6.45) is -0.514. The van der Waals surface area contributed by atoms with Crippen LogP contribution in [0.3, 0.4) is 0 Å². The third-order valence-electron chi connectivity index (χ3n) is 1.85. The molecule has 0 aliphatic heterocycles. The number of hydrogen-bond acceptors (Lipinski definition) is 4. The van der Waals surface area contributed by atoms with E-state index in [-0.39, 0.29) is 5.92 Å². The molecule has 0 spiro atoms. The van der Waals surface area contributed by atoms with E-state index < -0.39 is 6.10 Å². The van der Waals surface area contributed by atoms with E-state index in [0.29, 0.717) is 6.54 Å². The highest BCUT2D eigenvalue weighted by molar-refractivity contribution is 7.09. The average Bonchev–Trinajstić information content (AvgIpc) is 2.49. The molecule has 4 heteroatoms. The number of rotatable bonds is 3. The van der Waals surface area contributed by atoms with Crippen LogP contribution in [0.4, 0.5) is 0 Å². The van der Waals surface area contributed by atoms with Crippen LogP contribution in [0.1, 0.15) is 23.7 Å². The maximum absolute atomic E-state index is 9.67. The lowest BCUT2D eigenvalue weighted by Gasteiger charge is -2.13. The molecule has 0 aromatic carbocycles. The Labute approximate surface area is 76.3 Å². The van der Waals surface area contributed by atoms with Gasteiger partial charge in [0.1, 0.15) is 6.10 Å². The third kappa shape index (κ3) is 2.03. The van der Waals surface area contributed by atoms with Crippen molar-refractivity contribution >= 4 is 11.3 Å². The van der Waals surface area contributed by atoms with Crippen LogP contribution in [0.15, 0.2) is 5.38 Å². The largest absolute Gasteiger partial charge is 0.386 e. The first-order valence-corrected chi connectivity index (χ1v) is 4.83. The van der Waals surface area contributed by atoms with Crippen LogP contribution in [0.2, 0.25) is 0 Å². The predicted molar refractivity (Wildman–Crippen MR) is 50.0 cm³/mol. The first-order valence-electron chi connectivity index (χ1n) is 3.95. The second kappa shape index (κ2) is 3.98. The van der Waals surface area contributed by atoms with Crippen LogP contribution in [0.5, 0.6) is 0 Å². The van der Waals surface area contributed by atoms with E-state index >= 15 is 0 Å². The van der Waals surface area contributed by atoms with E-state index in [4.69, 9.17) is 5.73 Å². The summed E-state index contributed by atoms with van der Waals surface area (Å²) in [6, 6.07) is 0. The molecule has 2 unspecified atom stereocenters. The Balaban J connectivity index is 2.70. The molecule has 0 radical (unpaired) electrons. The molecule has 0 aliphatic rings. The number of thiazole rings is 1. The predicted octanol–water partition coefficient (Wildman–Crippen LogP) is 1.08. The van der Waals surface area contributed by atoms with Crippen molar-refractivity contribution in [1.82, 2.24) is 4.98 Å². The van der Waals surface area contributed by atoms with Crippen molar-refractivity contribution < 1.29 is 5.11 Å². The van der Waals surface area contributed by atoms with Crippen LogP contribution in [-0.4, -0.2) is 16.6 Å². The summed E-state index contributed by atoms with van der Waals surface area (Å²) >= 11 is 1.55. The number of aryl methyl sites for hydroxylation is 1. The highest BCUT2D eigenvalue weighted by Crippen LogP contribution is 2.22. The van der Waals surface area contributed by atoms with E-state index in [9.17, 15) is 5.11 Å². The zero-order chi connectivity index (χ0) is 9.14. The van der Waals surface area contributed by atoms with E-state index in [1.54, 1.807) is 11.3 Å². The molecule has 1 aromatic rings. The monoisotopic (exact) mass is 186 g/mol. The van der Waals surface area contributed by atoms with E-state index in [0.717, 1.165) is 10.7 Å². The molecule has 0 saturated carbocycles. The molecular weight excluding hydrogens is 172 g/mol. The molecule has 12 heavy (non-hydrogen) atoms. The van der Waals surface area contributed by atoms with Crippen molar-refractivity contribution in [3.05, 3.63) is 16.1 Å². The number of hydrogen-bond donors (Lipinski definition) is 2. The lowest BCUT2D eigenvalue weighted by Crippen LogP contribution is -2.19.